The molecule has 1 amide bonds. The van der Waals surface area contributed by atoms with E-state index in [-0.39, 0.29) is 5.56 Å². The van der Waals surface area contributed by atoms with Crippen molar-refractivity contribution in [3.63, 3.8) is 0 Å². The maximum Gasteiger partial charge on any atom is 0.416 e. The molecule has 0 bridgehead atoms. The molecule has 0 saturated carbocycles. The SMILES string of the molecule is COc1ccc(C(=O)N(C)C[C@@H](O)C(F)(F)F)cc1. The number of aliphatic hydroxyl groups is 1. The molecule has 1 rings (SSSR count). The zero-order valence-corrected chi connectivity index (χ0v) is 10.4. The van der Waals surface area contributed by atoms with Crippen LogP contribution in [0.5, 0.6) is 5.75 Å². The Morgan fingerprint density at radius 2 is 1.89 bits per heavy atom. The summed E-state index contributed by atoms with van der Waals surface area (Å²) in [6.07, 6.45) is -7.30. The second-order valence-corrected chi connectivity index (χ2v) is 3.97. The lowest BCUT2D eigenvalue weighted by molar-refractivity contribution is -0.205. The van der Waals surface area contributed by atoms with Gasteiger partial charge in [-0.15, -0.1) is 0 Å². The maximum absolute atomic E-state index is 12.2. The van der Waals surface area contributed by atoms with Gasteiger partial charge in [0.1, 0.15) is 5.75 Å². The molecule has 0 aromatic heterocycles. The Kier molecular flexibility index (Phi) is 4.77. The van der Waals surface area contributed by atoms with Crippen molar-refractivity contribution >= 4 is 5.91 Å². The number of nitrogens with zero attached hydrogens (tertiary/aromatic N) is 1. The number of alkyl halides is 3. The lowest BCUT2D eigenvalue weighted by atomic mass is 10.2. The Balaban J connectivity index is 2.71. The van der Waals surface area contributed by atoms with Gasteiger partial charge in [-0.2, -0.15) is 13.2 Å². The van der Waals surface area contributed by atoms with Crippen LogP contribution >= 0.6 is 0 Å². The van der Waals surface area contributed by atoms with E-state index < -0.39 is 24.7 Å². The highest BCUT2D eigenvalue weighted by atomic mass is 19.4. The minimum absolute atomic E-state index is 0.220. The number of carbonyl (C=O) groups excluding carboxylic acids is 1. The van der Waals surface area contributed by atoms with Crippen LogP contribution in [0.15, 0.2) is 24.3 Å². The third kappa shape index (κ3) is 4.13. The number of hydrogen-bond acceptors (Lipinski definition) is 3. The third-order valence-electron chi connectivity index (χ3n) is 2.51. The molecular weight excluding hydrogens is 263 g/mol. The molecule has 4 nitrogen and oxygen atoms in total. The van der Waals surface area contributed by atoms with Crippen molar-refractivity contribution in [1.29, 1.82) is 0 Å². The molecule has 1 aromatic carbocycles. The minimum atomic E-state index is -4.74. The van der Waals surface area contributed by atoms with Gasteiger partial charge in [0.05, 0.1) is 13.7 Å². The summed E-state index contributed by atoms with van der Waals surface area (Å²) in [4.78, 5) is 12.6. The van der Waals surface area contributed by atoms with Gasteiger partial charge in [-0.3, -0.25) is 4.79 Å². The normalized spacial score (nSPS) is 12.9. The number of likely N-dealkylation sites (N-methyl/N-ethyl adjacent to an activating group) is 1. The molecule has 0 aliphatic rings. The summed E-state index contributed by atoms with van der Waals surface area (Å²) >= 11 is 0. The van der Waals surface area contributed by atoms with Gasteiger partial charge in [0.15, 0.2) is 6.10 Å². The zero-order chi connectivity index (χ0) is 14.6. The fourth-order valence-corrected chi connectivity index (χ4v) is 1.40. The number of aliphatic hydroxyl groups excluding tert-OH is 1. The van der Waals surface area contributed by atoms with Gasteiger partial charge in [0, 0.05) is 12.6 Å². The summed E-state index contributed by atoms with van der Waals surface area (Å²) in [5.74, 6) is -0.0690. The number of halogens is 3. The smallest absolute Gasteiger partial charge is 0.416 e. The molecule has 1 N–H and O–H groups in total. The number of rotatable bonds is 4. The molecule has 1 aromatic rings. The first-order chi connectivity index (χ1) is 8.75. The molecule has 7 heteroatoms. The molecule has 106 valence electrons. The molecule has 0 aliphatic carbocycles. The largest absolute Gasteiger partial charge is 0.497 e. The third-order valence-corrected chi connectivity index (χ3v) is 2.51. The van der Waals surface area contributed by atoms with Crippen LogP contribution in [0, 0.1) is 0 Å². The van der Waals surface area contributed by atoms with Crippen molar-refractivity contribution in [2.45, 2.75) is 12.3 Å². The van der Waals surface area contributed by atoms with Crippen molar-refractivity contribution in [2.75, 3.05) is 20.7 Å². The highest BCUT2D eigenvalue weighted by Crippen LogP contribution is 2.21. The van der Waals surface area contributed by atoms with Crippen LogP contribution in [0.3, 0.4) is 0 Å². The molecule has 0 heterocycles. The Labute approximate surface area is 108 Å². The standard InChI is InChI=1S/C12H14F3NO3/c1-16(7-10(17)12(13,14)15)11(18)8-3-5-9(19-2)6-4-8/h3-6,10,17H,7H2,1-2H3/t10-/m1/s1. The minimum Gasteiger partial charge on any atom is -0.497 e. The molecule has 1 atom stereocenters. The molecule has 0 spiro atoms. The zero-order valence-electron chi connectivity index (χ0n) is 10.4. The molecular formula is C12H14F3NO3. The van der Waals surface area contributed by atoms with Crippen LogP contribution < -0.4 is 4.74 Å². The topological polar surface area (TPSA) is 49.8 Å². The second-order valence-electron chi connectivity index (χ2n) is 3.97. The molecule has 19 heavy (non-hydrogen) atoms. The predicted molar refractivity (Wildman–Crippen MR) is 62.0 cm³/mol. The number of amides is 1. The number of hydrogen-bond donors (Lipinski definition) is 1. The summed E-state index contributed by atoms with van der Waals surface area (Å²) in [6, 6.07) is 5.94. The van der Waals surface area contributed by atoms with Gasteiger partial charge in [0.25, 0.3) is 5.91 Å². The fraction of sp³-hybridized carbons (Fsp3) is 0.417. The summed E-state index contributed by atoms with van der Waals surface area (Å²) in [6.45, 7) is -0.811. The van der Waals surface area contributed by atoms with Crippen molar-refractivity contribution in [2.24, 2.45) is 0 Å². The molecule has 0 radical (unpaired) electrons. The number of benzene rings is 1. The Morgan fingerprint density at radius 1 is 1.37 bits per heavy atom. The average molecular weight is 277 g/mol. The first-order valence-corrected chi connectivity index (χ1v) is 5.40. The Morgan fingerprint density at radius 3 is 2.32 bits per heavy atom. The van der Waals surface area contributed by atoms with E-state index in [1.54, 1.807) is 0 Å². The molecule has 0 fully saturated rings. The fourth-order valence-electron chi connectivity index (χ4n) is 1.40. The maximum atomic E-state index is 12.2. The molecule has 0 unspecified atom stereocenters. The highest BCUT2D eigenvalue weighted by molar-refractivity contribution is 5.94. The second kappa shape index (κ2) is 5.92. The van der Waals surface area contributed by atoms with Crippen LogP contribution in [0.25, 0.3) is 0 Å². The highest BCUT2D eigenvalue weighted by Gasteiger charge is 2.39. The first kappa shape index (κ1) is 15.3. The molecule has 0 aliphatic heterocycles. The van der Waals surface area contributed by atoms with E-state index in [2.05, 4.69) is 0 Å². The van der Waals surface area contributed by atoms with Crippen molar-refractivity contribution in [1.82, 2.24) is 4.90 Å². The van der Waals surface area contributed by atoms with E-state index >= 15 is 0 Å². The van der Waals surface area contributed by atoms with Crippen LogP contribution in [0.4, 0.5) is 13.2 Å². The van der Waals surface area contributed by atoms with Gasteiger partial charge >= 0.3 is 6.18 Å². The van der Waals surface area contributed by atoms with Crippen LogP contribution in [-0.2, 0) is 0 Å². The van der Waals surface area contributed by atoms with Crippen LogP contribution in [0.1, 0.15) is 10.4 Å². The lowest BCUT2D eigenvalue weighted by Crippen LogP contribution is -2.41. The van der Waals surface area contributed by atoms with Gasteiger partial charge in [0.2, 0.25) is 0 Å². The number of methoxy groups -OCH3 is 1. The summed E-state index contributed by atoms with van der Waals surface area (Å²) < 4.78 is 41.4. The molecule has 0 saturated heterocycles. The van der Waals surface area contributed by atoms with E-state index in [0.717, 1.165) is 4.90 Å². The van der Waals surface area contributed by atoms with Gasteiger partial charge in [-0.05, 0) is 24.3 Å². The quantitative estimate of drug-likeness (QED) is 0.911. The van der Waals surface area contributed by atoms with E-state index in [1.165, 1.54) is 38.4 Å². The van der Waals surface area contributed by atoms with Crippen LogP contribution in [-0.4, -0.2) is 48.9 Å². The monoisotopic (exact) mass is 277 g/mol. The summed E-state index contributed by atoms with van der Waals surface area (Å²) in [5.41, 5.74) is 0.220. The number of carbonyl (C=O) groups is 1. The lowest BCUT2D eigenvalue weighted by Gasteiger charge is -2.22. The van der Waals surface area contributed by atoms with E-state index in [9.17, 15) is 18.0 Å². The van der Waals surface area contributed by atoms with Gasteiger partial charge in [-0.1, -0.05) is 0 Å². The Bertz CT molecular complexity index is 431. The predicted octanol–water partition coefficient (Wildman–Crippen LogP) is 1.69. The van der Waals surface area contributed by atoms with Gasteiger partial charge < -0.3 is 14.7 Å². The average Bonchev–Trinajstić information content (AvgIpc) is 2.36. The van der Waals surface area contributed by atoms with E-state index in [1.807, 2.05) is 0 Å². The van der Waals surface area contributed by atoms with Crippen molar-refractivity contribution in [3.8, 4) is 5.75 Å². The Hall–Kier alpha value is -1.76. The van der Waals surface area contributed by atoms with Crippen molar-refractivity contribution in [3.05, 3.63) is 29.8 Å². The number of ether oxygens (including phenoxy) is 1. The summed E-state index contributed by atoms with van der Waals surface area (Å²) in [5, 5.41) is 8.90. The summed E-state index contributed by atoms with van der Waals surface area (Å²) in [7, 11) is 2.66. The van der Waals surface area contributed by atoms with E-state index in [4.69, 9.17) is 9.84 Å². The van der Waals surface area contributed by atoms with E-state index in [0.29, 0.717) is 5.75 Å². The van der Waals surface area contributed by atoms with Gasteiger partial charge in [-0.25, -0.2) is 0 Å². The first-order valence-electron chi connectivity index (χ1n) is 5.40. The van der Waals surface area contributed by atoms with Crippen molar-refractivity contribution < 1.29 is 27.8 Å². The van der Waals surface area contributed by atoms with Crippen LogP contribution in [0.2, 0.25) is 0 Å².